The van der Waals surface area contributed by atoms with Crippen molar-refractivity contribution in [3.63, 3.8) is 0 Å². The largest absolute Gasteiger partial charge is 0.368 e. The normalized spacial score (nSPS) is 11.0. The Bertz CT molecular complexity index is 667. The van der Waals surface area contributed by atoms with Crippen LogP contribution in [0.1, 0.15) is 31.0 Å². The van der Waals surface area contributed by atoms with E-state index in [-0.39, 0.29) is 5.88 Å². The molecule has 0 saturated carbocycles. The fourth-order valence-corrected chi connectivity index (χ4v) is 2.21. The summed E-state index contributed by atoms with van der Waals surface area (Å²) < 4.78 is 0. The first-order chi connectivity index (χ1) is 11.5. The molecule has 0 radical (unpaired) electrons. The number of aryl methyl sites for hydroxylation is 1. The monoisotopic (exact) mass is 346 g/mol. The summed E-state index contributed by atoms with van der Waals surface area (Å²) in [5.41, 5.74) is 9.26. The minimum atomic E-state index is -0.877. The van der Waals surface area contributed by atoms with Crippen LogP contribution in [0.25, 0.3) is 11.1 Å². The number of nitrogens with one attached hydrogen (secondary N) is 1. The average molecular weight is 347 g/mol. The SMILES string of the molecule is CC.Cc1ccc(-c2ccc(C(NC(=O)CCl)C(N)=O)cc2)cc1. The summed E-state index contributed by atoms with van der Waals surface area (Å²) in [6.07, 6.45) is 0. The highest BCUT2D eigenvalue weighted by molar-refractivity contribution is 6.27. The van der Waals surface area contributed by atoms with Crippen LogP contribution in [0, 0.1) is 6.92 Å². The molecule has 2 rings (SSSR count). The Morgan fingerprint density at radius 1 is 1.00 bits per heavy atom. The molecule has 0 bridgehead atoms. The maximum Gasteiger partial charge on any atom is 0.244 e. The fourth-order valence-electron chi connectivity index (χ4n) is 2.13. The first kappa shape index (κ1) is 19.7. The van der Waals surface area contributed by atoms with Crippen molar-refractivity contribution in [2.45, 2.75) is 26.8 Å². The van der Waals surface area contributed by atoms with Crippen LogP contribution in [0.5, 0.6) is 0 Å². The van der Waals surface area contributed by atoms with Gasteiger partial charge in [-0.15, -0.1) is 11.6 Å². The van der Waals surface area contributed by atoms with Crippen LogP contribution in [0.3, 0.4) is 0 Å². The summed E-state index contributed by atoms with van der Waals surface area (Å²) in [7, 11) is 0. The van der Waals surface area contributed by atoms with Crippen LogP contribution in [0.4, 0.5) is 0 Å². The molecule has 0 aliphatic rings. The second-order valence-corrected chi connectivity index (χ2v) is 5.29. The lowest BCUT2D eigenvalue weighted by Gasteiger charge is -2.15. The Morgan fingerprint density at radius 2 is 1.46 bits per heavy atom. The summed E-state index contributed by atoms with van der Waals surface area (Å²) in [6, 6.07) is 14.6. The van der Waals surface area contributed by atoms with E-state index in [1.165, 1.54) is 5.56 Å². The molecule has 5 heteroatoms. The molecular formula is C19H23ClN2O2. The highest BCUT2D eigenvalue weighted by Gasteiger charge is 2.19. The summed E-state index contributed by atoms with van der Waals surface area (Å²) in [5.74, 6) is -1.28. The van der Waals surface area contributed by atoms with Gasteiger partial charge in [-0.3, -0.25) is 9.59 Å². The van der Waals surface area contributed by atoms with E-state index in [0.717, 1.165) is 11.1 Å². The van der Waals surface area contributed by atoms with E-state index in [0.29, 0.717) is 5.56 Å². The zero-order valence-electron chi connectivity index (χ0n) is 14.2. The number of nitrogens with two attached hydrogens (primary N) is 1. The Kier molecular flexibility index (Phi) is 7.99. The average Bonchev–Trinajstić information content (AvgIpc) is 2.62. The van der Waals surface area contributed by atoms with E-state index < -0.39 is 17.9 Å². The minimum absolute atomic E-state index is 0.217. The predicted octanol–water partition coefficient (Wildman–Crippen LogP) is 3.57. The Hall–Kier alpha value is -2.33. The number of benzene rings is 2. The number of carbonyl (C=O) groups excluding carboxylic acids is 2. The Morgan fingerprint density at radius 3 is 1.88 bits per heavy atom. The third kappa shape index (κ3) is 5.39. The topological polar surface area (TPSA) is 72.2 Å². The van der Waals surface area contributed by atoms with E-state index in [1.54, 1.807) is 12.1 Å². The van der Waals surface area contributed by atoms with Crippen LogP contribution >= 0.6 is 11.6 Å². The zero-order chi connectivity index (χ0) is 18.1. The van der Waals surface area contributed by atoms with Gasteiger partial charge in [0.15, 0.2) is 0 Å². The standard InChI is InChI=1S/C17H17ClN2O2.C2H6/c1-11-2-4-12(5-3-11)13-6-8-14(9-7-13)16(17(19)22)20-15(21)10-18;1-2/h2-9,16H,10H2,1H3,(H2,19,22)(H,20,21);1-2H3. The molecule has 0 aliphatic heterocycles. The van der Waals surface area contributed by atoms with Crippen LogP contribution in [-0.2, 0) is 9.59 Å². The van der Waals surface area contributed by atoms with Crippen LogP contribution in [-0.4, -0.2) is 17.7 Å². The van der Waals surface area contributed by atoms with Crippen molar-refractivity contribution >= 4 is 23.4 Å². The van der Waals surface area contributed by atoms with Crippen molar-refractivity contribution in [1.29, 1.82) is 0 Å². The van der Waals surface area contributed by atoms with E-state index in [2.05, 4.69) is 5.32 Å². The van der Waals surface area contributed by atoms with E-state index >= 15 is 0 Å². The maximum atomic E-state index is 11.5. The molecule has 0 saturated heterocycles. The van der Waals surface area contributed by atoms with E-state index in [4.69, 9.17) is 17.3 Å². The lowest BCUT2D eigenvalue weighted by molar-refractivity contribution is -0.126. The molecule has 3 N–H and O–H groups in total. The first-order valence-electron chi connectivity index (χ1n) is 7.83. The number of halogens is 1. The van der Waals surface area contributed by atoms with Crippen LogP contribution in [0.2, 0.25) is 0 Å². The highest BCUT2D eigenvalue weighted by atomic mass is 35.5. The number of hydrogen-bond acceptors (Lipinski definition) is 2. The zero-order valence-corrected chi connectivity index (χ0v) is 14.9. The summed E-state index contributed by atoms with van der Waals surface area (Å²) in [5, 5.41) is 2.50. The third-order valence-corrected chi connectivity index (χ3v) is 3.58. The van der Waals surface area contributed by atoms with E-state index in [9.17, 15) is 9.59 Å². The molecule has 128 valence electrons. The van der Waals surface area contributed by atoms with Gasteiger partial charge in [0.25, 0.3) is 0 Å². The van der Waals surface area contributed by atoms with Gasteiger partial charge in [-0.2, -0.15) is 0 Å². The minimum Gasteiger partial charge on any atom is -0.368 e. The third-order valence-electron chi connectivity index (χ3n) is 3.34. The molecular weight excluding hydrogens is 324 g/mol. The van der Waals surface area contributed by atoms with Crippen molar-refractivity contribution in [3.05, 3.63) is 59.7 Å². The van der Waals surface area contributed by atoms with Crippen LogP contribution in [0.15, 0.2) is 48.5 Å². The Labute approximate surface area is 148 Å². The van der Waals surface area contributed by atoms with Gasteiger partial charge in [0, 0.05) is 0 Å². The van der Waals surface area contributed by atoms with Gasteiger partial charge in [0.2, 0.25) is 11.8 Å². The highest BCUT2D eigenvalue weighted by Crippen LogP contribution is 2.22. The molecule has 0 aromatic heterocycles. The summed E-state index contributed by atoms with van der Waals surface area (Å²) in [6.45, 7) is 6.03. The van der Waals surface area contributed by atoms with Crippen LogP contribution < -0.4 is 11.1 Å². The molecule has 0 fully saturated rings. The first-order valence-corrected chi connectivity index (χ1v) is 8.36. The van der Waals surface area contributed by atoms with Gasteiger partial charge >= 0.3 is 0 Å². The lowest BCUT2D eigenvalue weighted by atomic mass is 10.00. The summed E-state index contributed by atoms with van der Waals surface area (Å²) >= 11 is 5.44. The summed E-state index contributed by atoms with van der Waals surface area (Å²) in [4.78, 5) is 22.9. The maximum absolute atomic E-state index is 11.5. The lowest BCUT2D eigenvalue weighted by Crippen LogP contribution is -2.38. The number of alkyl halides is 1. The number of rotatable bonds is 5. The predicted molar refractivity (Wildman–Crippen MR) is 98.8 cm³/mol. The second-order valence-electron chi connectivity index (χ2n) is 5.02. The van der Waals surface area contributed by atoms with Gasteiger partial charge in [-0.1, -0.05) is 67.9 Å². The molecule has 0 aliphatic carbocycles. The van der Waals surface area contributed by atoms with Crippen molar-refractivity contribution in [2.75, 3.05) is 5.88 Å². The van der Waals surface area contributed by atoms with Gasteiger partial charge in [0.1, 0.15) is 11.9 Å². The van der Waals surface area contributed by atoms with Crippen molar-refractivity contribution in [1.82, 2.24) is 5.32 Å². The number of carbonyl (C=O) groups is 2. The van der Waals surface area contributed by atoms with Crippen molar-refractivity contribution < 1.29 is 9.59 Å². The molecule has 1 atom stereocenters. The molecule has 0 heterocycles. The fraction of sp³-hybridized carbons (Fsp3) is 0.263. The molecule has 24 heavy (non-hydrogen) atoms. The smallest absolute Gasteiger partial charge is 0.244 e. The van der Waals surface area contributed by atoms with Gasteiger partial charge in [-0.05, 0) is 23.6 Å². The quantitative estimate of drug-likeness (QED) is 0.812. The Balaban J connectivity index is 0.00000139. The number of hydrogen-bond donors (Lipinski definition) is 2. The second kappa shape index (κ2) is 9.73. The van der Waals surface area contributed by atoms with E-state index in [1.807, 2.05) is 57.2 Å². The molecule has 2 aromatic rings. The van der Waals surface area contributed by atoms with Gasteiger partial charge in [0.05, 0.1) is 0 Å². The molecule has 1 unspecified atom stereocenters. The molecule has 0 spiro atoms. The molecule has 2 amide bonds. The van der Waals surface area contributed by atoms with Gasteiger partial charge in [-0.25, -0.2) is 0 Å². The molecule has 2 aromatic carbocycles. The van der Waals surface area contributed by atoms with Crippen molar-refractivity contribution in [3.8, 4) is 11.1 Å². The molecule has 4 nitrogen and oxygen atoms in total. The number of primary amides is 1. The number of amides is 2. The van der Waals surface area contributed by atoms with Gasteiger partial charge < -0.3 is 11.1 Å². The van der Waals surface area contributed by atoms with Crippen molar-refractivity contribution in [2.24, 2.45) is 5.73 Å².